The zero-order chi connectivity index (χ0) is 11.1. The van der Waals surface area contributed by atoms with E-state index in [1.807, 2.05) is 6.07 Å². The Morgan fingerprint density at radius 2 is 2.00 bits per heavy atom. The number of hydrogen-bond acceptors (Lipinski definition) is 3. The molecular weight excluding hydrogens is 192 g/mol. The van der Waals surface area contributed by atoms with Gasteiger partial charge in [0.2, 0.25) is 5.79 Å². The highest BCUT2D eigenvalue weighted by Gasteiger charge is 2.41. The first-order valence-corrected chi connectivity index (χ1v) is 4.76. The van der Waals surface area contributed by atoms with E-state index in [2.05, 4.69) is 0 Å². The summed E-state index contributed by atoms with van der Waals surface area (Å²) in [4.78, 5) is 11.3. The lowest BCUT2D eigenvalue weighted by Gasteiger charge is -2.32. The quantitative estimate of drug-likeness (QED) is 0.672. The van der Waals surface area contributed by atoms with E-state index in [0.29, 0.717) is 5.56 Å². The first-order chi connectivity index (χ1) is 7.03. The number of aliphatic hydroxyl groups is 2. The van der Waals surface area contributed by atoms with E-state index < -0.39 is 11.7 Å². The molecule has 1 aliphatic rings. The van der Waals surface area contributed by atoms with Crippen LogP contribution >= 0.6 is 0 Å². The number of hydrogen-bond donors (Lipinski definition) is 2. The Hall–Kier alpha value is -1.45. The molecule has 78 valence electrons. The van der Waals surface area contributed by atoms with Crippen LogP contribution in [0.25, 0.3) is 6.08 Å². The number of carbonyl (C=O) groups excluding carboxylic acids is 1. The molecule has 1 aromatic rings. The number of Topliss-reactive ketones (excluding diaryl/α,β-unsaturated/α-hetero) is 1. The number of ketones is 1. The van der Waals surface area contributed by atoms with Gasteiger partial charge in [0.05, 0.1) is 5.92 Å². The van der Waals surface area contributed by atoms with E-state index in [1.54, 1.807) is 24.3 Å². The lowest BCUT2D eigenvalue weighted by molar-refractivity contribution is -0.199. The van der Waals surface area contributed by atoms with Crippen LogP contribution in [-0.2, 0) is 10.6 Å². The van der Waals surface area contributed by atoms with Crippen LogP contribution in [0.2, 0.25) is 0 Å². The molecule has 2 N–H and O–H groups in total. The summed E-state index contributed by atoms with van der Waals surface area (Å²) in [5, 5.41) is 19.9. The maximum atomic E-state index is 11.3. The number of fused-ring (bicyclic) bond motifs is 1. The van der Waals surface area contributed by atoms with Crippen molar-refractivity contribution in [1.29, 1.82) is 0 Å². The Labute approximate surface area is 87.7 Å². The van der Waals surface area contributed by atoms with E-state index in [1.165, 1.54) is 13.0 Å². The molecule has 3 heteroatoms. The van der Waals surface area contributed by atoms with Gasteiger partial charge < -0.3 is 10.2 Å². The van der Waals surface area contributed by atoms with Crippen LogP contribution in [0.3, 0.4) is 0 Å². The van der Waals surface area contributed by atoms with Gasteiger partial charge in [-0.2, -0.15) is 0 Å². The lowest BCUT2D eigenvalue weighted by Crippen LogP contribution is -2.39. The average Bonchev–Trinajstić information content (AvgIpc) is 2.17. The Balaban J connectivity index is 2.57. The second-order valence-electron chi connectivity index (χ2n) is 3.76. The molecule has 3 nitrogen and oxygen atoms in total. The topological polar surface area (TPSA) is 57.5 Å². The van der Waals surface area contributed by atoms with Crippen molar-refractivity contribution in [2.75, 3.05) is 0 Å². The smallest absolute Gasteiger partial charge is 0.204 e. The number of rotatable bonds is 1. The zero-order valence-electron chi connectivity index (χ0n) is 8.34. The lowest BCUT2D eigenvalue weighted by atomic mass is 9.82. The largest absolute Gasteiger partial charge is 0.361 e. The molecule has 0 spiro atoms. The fraction of sp³-hybridized carbons (Fsp3) is 0.250. The Morgan fingerprint density at radius 3 is 2.67 bits per heavy atom. The molecule has 0 saturated carbocycles. The molecule has 0 fully saturated rings. The molecule has 2 rings (SSSR count). The number of carbonyl (C=O) groups is 1. The molecular formula is C12H12O3. The van der Waals surface area contributed by atoms with Crippen LogP contribution in [0.15, 0.2) is 30.3 Å². The summed E-state index contributed by atoms with van der Waals surface area (Å²) >= 11 is 0. The summed E-state index contributed by atoms with van der Waals surface area (Å²) in [7, 11) is 0. The van der Waals surface area contributed by atoms with Crippen molar-refractivity contribution in [3.8, 4) is 0 Å². The van der Waals surface area contributed by atoms with Gasteiger partial charge in [0.1, 0.15) is 5.78 Å². The minimum Gasteiger partial charge on any atom is -0.361 e. The van der Waals surface area contributed by atoms with Gasteiger partial charge in [-0.1, -0.05) is 36.4 Å². The minimum absolute atomic E-state index is 0.259. The Bertz CT molecular complexity index is 432. The predicted octanol–water partition coefficient (Wildman–Crippen LogP) is 1.06. The summed E-state index contributed by atoms with van der Waals surface area (Å²) < 4.78 is 0. The first kappa shape index (κ1) is 10.1. The van der Waals surface area contributed by atoms with Gasteiger partial charge in [0.25, 0.3) is 0 Å². The fourth-order valence-corrected chi connectivity index (χ4v) is 1.90. The first-order valence-electron chi connectivity index (χ1n) is 4.76. The summed E-state index contributed by atoms with van der Waals surface area (Å²) in [6, 6.07) is 6.93. The molecule has 0 bridgehead atoms. The summed E-state index contributed by atoms with van der Waals surface area (Å²) in [5.74, 6) is -3.23. The SMILES string of the molecule is CC(=O)[C@H]1C=Cc2ccccc2C1(O)O. The molecule has 0 heterocycles. The van der Waals surface area contributed by atoms with Crippen LogP contribution in [0.5, 0.6) is 0 Å². The zero-order valence-corrected chi connectivity index (χ0v) is 8.34. The van der Waals surface area contributed by atoms with Gasteiger partial charge in [-0.25, -0.2) is 0 Å². The van der Waals surface area contributed by atoms with Gasteiger partial charge in [0.15, 0.2) is 0 Å². The Kier molecular flexibility index (Phi) is 2.21. The second kappa shape index (κ2) is 3.29. The molecule has 0 saturated heterocycles. The highest BCUT2D eigenvalue weighted by atomic mass is 16.5. The third-order valence-electron chi connectivity index (χ3n) is 2.70. The van der Waals surface area contributed by atoms with E-state index in [0.717, 1.165) is 5.56 Å². The third-order valence-corrected chi connectivity index (χ3v) is 2.70. The van der Waals surface area contributed by atoms with Crippen molar-refractivity contribution < 1.29 is 15.0 Å². The van der Waals surface area contributed by atoms with E-state index in [9.17, 15) is 15.0 Å². The van der Waals surface area contributed by atoms with Crippen LogP contribution in [0.4, 0.5) is 0 Å². The molecule has 1 aromatic carbocycles. The van der Waals surface area contributed by atoms with Crippen molar-refractivity contribution in [2.45, 2.75) is 12.7 Å². The monoisotopic (exact) mass is 204 g/mol. The standard InChI is InChI=1S/C12H12O3/c1-8(13)10-7-6-9-4-2-3-5-11(9)12(10,14)15/h2-7,10,14-15H,1H3/t10-/m1/s1. The van der Waals surface area contributed by atoms with E-state index >= 15 is 0 Å². The number of benzene rings is 1. The fourth-order valence-electron chi connectivity index (χ4n) is 1.90. The highest BCUT2D eigenvalue weighted by molar-refractivity contribution is 5.84. The van der Waals surface area contributed by atoms with E-state index in [-0.39, 0.29) is 5.78 Å². The van der Waals surface area contributed by atoms with Crippen molar-refractivity contribution in [3.05, 3.63) is 41.5 Å². The predicted molar refractivity (Wildman–Crippen MR) is 55.8 cm³/mol. The summed E-state index contributed by atoms with van der Waals surface area (Å²) in [5.41, 5.74) is 1.12. The minimum atomic E-state index is -2.09. The van der Waals surface area contributed by atoms with Crippen LogP contribution < -0.4 is 0 Å². The maximum absolute atomic E-state index is 11.3. The summed E-state index contributed by atoms with van der Waals surface area (Å²) in [6.07, 6.45) is 3.27. The van der Waals surface area contributed by atoms with E-state index in [4.69, 9.17) is 0 Å². The molecule has 0 amide bonds. The molecule has 0 aromatic heterocycles. The Morgan fingerprint density at radius 1 is 1.33 bits per heavy atom. The molecule has 0 aliphatic heterocycles. The van der Waals surface area contributed by atoms with Crippen molar-refractivity contribution in [1.82, 2.24) is 0 Å². The van der Waals surface area contributed by atoms with Gasteiger partial charge in [0, 0.05) is 5.56 Å². The molecule has 1 aliphatic carbocycles. The molecule has 0 radical (unpaired) electrons. The maximum Gasteiger partial charge on any atom is 0.204 e. The second-order valence-corrected chi connectivity index (χ2v) is 3.76. The average molecular weight is 204 g/mol. The molecule has 15 heavy (non-hydrogen) atoms. The highest BCUT2D eigenvalue weighted by Crippen LogP contribution is 2.35. The van der Waals surface area contributed by atoms with Gasteiger partial charge in [-0.3, -0.25) is 4.79 Å². The van der Waals surface area contributed by atoms with Crippen LogP contribution in [0, 0.1) is 5.92 Å². The molecule has 0 unspecified atom stereocenters. The molecule has 1 atom stereocenters. The van der Waals surface area contributed by atoms with Gasteiger partial charge >= 0.3 is 0 Å². The van der Waals surface area contributed by atoms with Gasteiger partial charge in [-0.05, 0) is 12.5 Å². The van der Waals surface area contributed by atoms with Crippen LogP contribution in [-0.4, -0.2) is 16.0 Å². The van der Waals surface area contributed by atoms with Crippen molar-refractivity contribution >= 4 is 11.9 Å². The third kappa shape index (κ3) is 1.50. The van der Waals surface area contributed by atoms with Crippen molar-refractivity contribution in [3.63, 3.8) is 0 Å². The normalized spacial score (nSPS) is 22.2. The van der Waals surface area contributed by atoms with Gasteiger partial charge in [-0.15, -0.1) is 0 Å². The van der Waals surface area contributed by atoms with Crippen LogP contribution in [0.1, 0.15) is 18.1 Å². The summed E-state index contributed by atoms with van der Waals surface area (Å²) in [6.45, 7) is 1.35. The van der Waals surface area contributed by atoms with Crippen molar-refractivity contribution in [2.24, 2.45) is 5.92 Å².